The Morgan fingerprint density at radius 2 is 1.94 bits per heavy atom. The first-order valence-corrected chi connectivity index (χ1v) is 7.26. The van der Waals surface area contributed by atoms with Crippen LogP contribution >= 0.6 is 27.3 Å². The number of thiophene rings is 1. The van der Waals surface area contributed by atoms with Crippen LogP contribution in [0.4, 0.5) is 5.69 Å². The molecule has 2 aromatic rings. The van der Waals surface area contributed by atoms with Gasteiger partial charge in [0.05, 0.1) is 6.04 Å². The van der Waals surface area contributed by atoms with Crippen LogP contribution in [-0.4, -0.2) is 0 Å². The highest BCUT2D eigenvalue weighted by atomic mass is 79.9. The average molecular weight is 310 g/mol. The van der Waals surface area contributed by atoms with Crippen LogP contribution in [-0.2, 0) is 0 Å². The molecule has 0 aliphatic carbocycles. The molecule has 1 aromatic heterocycles. The van der Waals surface area contributed by atoms with Gasteiger partial charge in [0.15, 0.2) is 0 Å². The molecule has 1 N–H and O–H groups in total. The number of hydrogen-bond acceptors (Lipinski definition) is 2. The standard InChI is InChI=1S/C14H16BrNS/c1-9-4-6-12(15)13(8-9)16-11(3)14-7-5-10(2)17-14/h4-8,11,16H,1-3H3. The van der Waals surface area contributed by atoms with Gasteiger partial charge in [-0.2, -0.15) is 0 Å². The maximum Gasteiger partial charge on any atom is 0.0578 e. The van der Waals surface area contributed by atoms with E-state index < -0.39 is 0 Å². The Morgan fingerprint density at radius 3 is 2.59 bits per heavy atom. The molecule has 0 saturated heterocycles. The van der Waals surface area contributed by atoms with Gasteiger partial charge in [0.1, 0.15) is 0 Å². The fourth-order valence-corrected chi connectivity index (χ4v) is 2.98. The highest BCUT2D eigenvalue weighted by Crippen LogP contribution is 2.30. The molecule has 0 amide bonds. The van der Waals surface area contributed by atoms with Crippen LogP contribution in [0.5, 0.6) is 0 Å². The van der Waals surface area contributed by atoms with Crippen LogP contribution in [0.25, 0.3) is 0 Å². The lowest BCUT2D eigenvalue weighted by Crippen LogP contribution is -2.05. The van der Waals surface area contributed by atoms with E-state index in [1.54, 1.807) is 0 Å². The van der Waals surface area contributed by atoms with E-state index in [4.69, 9.17) is 0 Å². The van der Waals surface area contributed by atoms with E-state index >= 15 is 0 Å². The fraction of sp³-hybridized carbons (Fsp3) is 0.286. The van der Waals surface area contributed by atoms with Crippen LogP contribution in [0.2, 0.25) is 0 Å². The van der Waals surface area contributed by atoms with Crippen LogP contribution in [0.15, 0.2) is 34.8 Å². The SMILES string of the molecule is Cc1ccc(Br)c(NC(C)c2ccc(C)s2)c1. The summed E-state index contributed by atoms with van der Waals surface area (Å²) in [5.41, 5.74) is 2.42. The lowest BCUT2D eigenvalue weighted by atomic mass is 10.2. The van der Waals surface area contributed by atoms with Gasteiger partial charge in [-0.1, -0.05) is 6.07 Å². The molecule has 90 valence electrons. The number of nitrogens with one attached hydrogen (secondary N) is 1. The topological polar surface area (TPSA) is 12.0 Å². The minimum atomic E-state index is 0.340. The lowest BCUT2D eigenvalue weighted by molar-refractivity contribution is 0.906. The van der Waals surface area contributed by atoms with E-state index in [1.165, 1.54) is 15.3 Å². The second-order valence-electron chi connectivity index (χ2n) is 4.30. The second-order valence-corrected chi connectivity index (χ2v) is 6.47. The zero-order valence-electron chi connectivity index (χ0n) is 10.3. The highest BCUT2D eigenvalue weighted by molar-refractivity contribution is 9.10. The molecule has 0 bridgehead atoms. The quantitative estimate of drug-likeness (QED) is 0.811. The Morgan fingerprint density at radius 1 is 1.18 bits per heavy atom. The molecule has 0 spiro atoms. The number of rotatable bonds is 3. The Kier molecular flexibility index (Phi) is 3.89. The number of halogens is 1. The molecule has 1 heterocycles. The third-order valence-corrected chi connectivity index (χ3v) is 4.56. The van der Waals surface area contributed by atoms with Crippen LogP contribution in [0, 0.1) is 13.8 Å². The highest BCUT2D eigenvalue weighted by Gasteiger charge is 2.09. The van der Waals surface area contributed by atoms with E-state index in [-0.39, 0.29) is 0 Å². The van der Waals surface area contributed by atoms with Crippen molar-refractivity contribution >= 4 is 33.0 Å². The summed E-state index contributed by atoms with van der Waals surface area (Å²) in [6.07, 6.45) is 0. The van der Waals surface area contributed by atoms with Gasteiger partial charge in [-0.15, -0.1) is 11.3 Å². The van der Waals surface area contributed by atoms with Crippen molar-refractivity contribution in [2.24, 2.45) is 0 Å². The largest absolute Gasteiger partial charge is 0.377 e. The smallest absolute Gasteiger partial charge is 0.0578 e. The average Bonchev–Trinajstić information content (AvgIpc) is 2.70. The van der Waals surface area contributed by atoms with Crippen LogP contribution < -0.4 is 5.32 Å². The third kappa shape index (κ3) is 3.11. The van der Waals surface area contributed by atoms with E-state index in [9.17, 15) is 0 Å². The van der Waals surface area contributed by atoms with Crippen molar-refractivity contribution in [2.75, 3.05) is 5.32 Å². The van der Waals surface area contributed by atoms with Gasteiger partial charge in [0.25, 0.3) is 0 Å². The molecule has 0 aliphatic rings. The first-order valence-electron chi connectivity index (χ1n) is 5.65. The maximum atomic E-state index is 3.58. The van der Waals surface area contributed by atoms with Gasteiger partial charge in [-0.25, -0.2) is 0 Å². The van der Waals surface area contributed by atoms with Gasteiger partial charge in [-0.05, 0) is 66.5 Å². The molecule has 0 fully saturated rings. The van der Waals surface area contributed by atoms with Crippen molar-refractivity contribution in [1.82, 2.24) is 0 Å². The van der Waals surface area contributed by atoms with E-state index in [0.717, 1.165) is 10.2 Å². The molecule has 1 nitrogen and oxygen atoms in total. The molecule has 1 atom stereocenters. The molecule has 1 unspecified atom stereocenters. The van der Waals surface area contributed by atoms with Crippen molar-refractivity contribution in [3.8, 4) is 0 Å². The van der Waals surface area contributed by atoms with E-state index in [0.29, 0.717) is 6.04 Å². The van der Waals surface area contributed by atoms with Gasteiger partial charge in [0, 0.05) is 19.9 Å². The summed E-state index contributed by atoms with van der Waals surface area (Å²) in [5, 5.41) is 3.54. The molecular weight excluding hydrogens is 294 g/mol. The normalized spacial score (nSPS) is 12.5. The maximum absolute atomic E-state index is 3.58. The van der Waals surface area contributed by atoms with E-state index in [1.807, 2.05) is 11.3 Å². The monoisotopic (exact) mass is 309 g/mol. The molecule has 3 heteroatoms. The predicted molar refractivity (Wildman–Crippen MR) is 80.0 cm³/mol. The van der Waals surface area contributed by atoms with Gasteiger partial charge < -0.3 is 5.32 Å². The zero-order valence-corrected chi connectivity index (χ0v) is 12.7. The Bertz CT molecular complexity index is 519. The summed E-state index contributed by atoms with van der Waals surface area (Å²) in [6, 6.07) is 11.1. The van der Waals surface area contributed by atoms with Crippen LogP contribution in [0.3, 0.4) is 0 Å². The molecule has 0 aliphatic heterocycles. The van der Waals surface area contributed by atoms with Crippen molar-refractivity contribution in [2.45, 2.75) is 26.8 Å². The Labute approximate surface area is 115 Å². The Balaban J connectivity index is 2.18. The zero-order chi connectivity index (χ0) is 12.4. The fourth-order valence-electron chi connectivity index (χ4n) is 1.74. The van der Waals surface area contributed by atoms with Crippen molar-refractivity contribution in [3.05, 3.63) is 50.1 Å². The van der Waals surface area contributed by atoms with E-state index in [2.05, 4.69) is 72.3 Å². The first kappa shape index (κ1) is 12.7. The number of anilines is 1. The van der Waals surface area contributed by atoms with Gasteiger partial charge in [0.2, 0.25) is 0 Å². The lowest BCUT2D eigenvalue weighted by Gasteiger charge is -2.15. The number of hydrogen-bond donors (Lipinski definition) is 1. The van der Waals surface area contributed by atoms with Crippen molar-refractivity contribution in [3.63, 3.8) is 0 Å². The summed E-state index contributed by atoms with van der Waals surface area (Å²) in [5.74, 6) is 0. The minimum Gasteiger partial charge on any atom is -0.377 e. The summed E-state index contributed by atoms with van der Waals surface area (Å²) >= 11 is 5.42. The van der Waals surface area contributed by atoms with Crippen molar-refractivity contribution < 1.29 is 0 Å². The molecule has 0 saturated carbocycles. The Hall–Kier alpha value is -0.800. The number of aryl methyl sites for hydroxylation is 2. The molecule has 2 rings (SSSR count). The summed E-state index contributed by atoms with van der Waals surface area (Å²) < 4.78 is 1.11. The summed E-state index contributed by atoms with van der Waals surface area (Å²) in [4.78, 5) is 2.73. The van der Waals surface area contributed by atoms with Gasteiger partial charge in [-0.3, -0.25) is 0 Å². The summed E-state index contributed by atoms with van der Waals surface area (Å²) in [7, 11) is 0. The van der Waals surface area contributed by atoms with Crippen molar-refractivity contribution in [1.29, 1.82) is 0 Å². The van der Waals surface area contributed by atoms with Crippen LogP contribution in [0.1, 0.15) is 28.3 Å². The molecule has 0 radical (unpaired) electrons. The minimum absolute atomic E-state index is 0.340. The third-order valence-electron chi connectivity index (χ3n) is 2.68. The second kappa shape index (κ2) is 5.23. The molecular formula is C14H16BrNS. The summed E-state index contributed by atoms with van der Waals surface area (Å²) in [6.45, 7) is 6.45. The molecule has 17 heavy (non-hydrogen) atoms. The predicted octanol–water partition coefficient (Wildman–Crippen LogP) is 5.30. The molecule has 1 aromatic carbocycles. The first-order chi connectivity index (χ1) is 8.06. The van der Waals surface area contributed by atoms with Gasteiger partial charge >= 0.3 is 0 Å². The number of benzene rings is 1.